The van der Waals surface area contributed by atoms with E-state index < -0.39 is 0 Å². The van der Waals surface area contributed by atoms with E-state index in [1.165, 1.54) is 0 Å². The highest BCUT2D eigenvalue weighted by Crippen LogP contribution is 2.29. The van der Waals surface area contributed by atoms with Crippen LogP contribution < -0.4 is 10.6 Å². The summed E-state index contributed by atoms with van der Waals surface area (Å²) < 4.78 is 0. The van der Waals surface area contributed by atoms with Crippen molar-refractivity contribution in [1.29, 1.82) is 0 Å². The van der Waals surface area contributed by atoms with Gasteiger partial charge in [-0.2, -0.15) is 0 Å². The number of nitrogens with two attached hydrogens (primary N) is 1. The summed E-state index contributed by atoms with van der Waals surface area (Å²) >= 11 is 6.23. The molecular weight excluding hydrogens is 220 g/mol. The molecule has 1 aromatic rings. The summed E-state index contributed by atoms with van der Waals surface area (Å²) in [5, 5.41) is 0.731. The molecule has 0 aromatic heterocycles. The van der Waals surface area contributed by atoms with Crippen molar-refractivity contribution in [2.45, 2.75) is 33.7 Å². The monoisotopic (exact) mass is 240 g/mol. The molecule has 1 aromatic carbocycles. The van der Waals surface area contributed by atoms with E-state index >= 15 is 0 Å². The Morgan fingerprint density at radius 3 is 2.31 bits per heavy atom. The molecule has 0 fully saturated rings. The summed E-state index contributed by atoms with van der Waals surface area (Å²) in [7, 11) is 0. The van der Waals surface area contributed by atoms with Gasteiger partial charge in [0.05, 0.1) is 10.7 Å². The molecule has 3 heteroatoms. The average molecular weight is 241 g/mol. The molecule has 90 valence electrons. The van der Waals surface area contributed by atoms with Gasteiger partial charge in [-0.3, -0.25) is 0 Å². The summed E-state index contributed by atoms with van der Waals surface area (Å²) in [5.41, 5.74) is 7.48. The zero-order valence-electron chi connectivity index (χ0n) is 10.5. The lowest BCUT2D eigenvalue weighted by Crippen LogP contribution is -2.34. The second kappa shape index (κ2) is 5.44. The predicted molar refractivity (Wildman–Crippen MR) is 73.2 cm³/mol. The summed E-state index contributed by atoms with van der Waals surface area (Å²) in [6.45, 7) is 9.77. The number of hydrogen-bond acceptors (Lipinski definition) is 2. The van der Waals surface area contributed by atoms with E-state index in [1.807, 2.05) is 18.2 Å². The van der Waals surface area contributed by atoms with Crippen LogP contribution in [0.1, 0.15) is 27.7 Å². The van der Waals surface area contributed by atoms with Crippen molar-refractivity contribution in [3.8, 4) is 0 Å². The fourth-order valence-corrected chi connectivity index (χ4v) is 2.03. The van der Waals surface area contributed by atoms with Crippen LogP contribution in [0.15, 0.2) is 18.2 Å². The van der Waals surface area contributed by atoms with Crippen LogP contribution in [0.25, 0.3) is 0 Å². The van der Waals surface area contributed by atoms with Gasteiger partial charge in [-0.15, -0.1) is 0 Å². The lowest BCUT2D eigenvalue weighted by Gasteiger charge is -2.31. The summed E-state index contributed by atoms with van der Waals surface area (Å²) in [4.78, 5) is 2.31. The number of nitrogen functional groups attached to an aromatic ring is 1. The highest BCUT2D eigenvalue weighted by Gasteiger charge is 2.14. The molecule has 0 aliphatic carbocycles. The quantitative estimate of drug-likeness (QED) is 0.812. The SMILES string of the molecule is CC(C)CN(c1ccc(N)cc1Cl)C(C)C. The Bertz CT molecular complexity index is 348. The molecule has 0 atom stereocenters. The summed E-state index contributed by atoms with van der Waals surface area (Å²) in [5.74, 6) is 0.607. The maximum atomic E-state index is 6.23. The van der Waals surface area contributed by atoms with Gasteiger partial charge in [0.2, 0.25) is 0 Å². The van der Waals surface area contributed by atoms with E-state index in [4.69, 9.17) is 17.3 Å². The molecule has 0 spiro atoms. The van der Waals surface area contributed by atoms with Gasteiger partial charge in [0.1, 0.15) is 0 Å². The molecule has 0 unspecified atom stereocenters. The third kappa shape index (κ3) is 3.31. The topological polar surface area (TPSA) is 29.3 Å². The molecule has 0 radical (unpaired) electrons. The molecule has 0 heterocycles. The largest absolute Gasteiger partial charge is 0.399 e. The molecule has 0 amide bonds. The first kappa shape index (κ1) is 13.2. The van der Waals surface area contributed by atoms with Crippen molar-refractivity contribution in [3.05, 3.63) is 23.2 Å². The fourth-order valence-electron chi connectivity index (χ4n) is 1.74. The Labute approximate surface area is 103 Å². The second-order valence-corrected chi connectivity index (χ2v) is 5.26. The van der Waals surface area contributed by atoms with Crippen LogP contribution >= 0.6 is 11.6 Å². The molecule has 1 rings (SSSR count). The third-order valence-electron chi connectivity index (χ3n) is 2.47. The Hall–Kier alpha value is -0.890. The van der Waals surface area contributed by atoms with Crippen LogP contribution in [0.5, 0.6) is 0 Å². The zero-order chi connectivity index (χ0) is 12.3. The minimum absolute atomic E-state index is 0.434. The number of hydrogen-bond donors (Lipinski definition) is 1. The van der Waals surface area contributed by atoms with Gasteiger partial charge in [-0.25, -0.2) is 0 Å². The smallest absolute Gasteiger partial charge is 0.0660 e. The molecule has 0 saturated heterocycles. The number of anilines is 2. The van der Waals surface area contributed by atoms with Gasteiger partial charge in [-0.1, -0.05) is 25.4 Å². The first-order chi connectivity index (χ1) is 7.41. The van der Waals surface area contributed by atoms with Gasteiger partial charge in [0, 0.05) is 18.3 Å². The van der Waals surface area contributed by atoms with Crippen molar-refractivity contribution < 1.29 is 0 Å². The van der Waals surface area contributed by atoms with Crippen LogP contribution in [0, 0.1) is 5.92 Å². The number of rotatable bonds is 4. The number of nitrogens with zero attached hydrogens (tertiary/aromatic N) is 1. The van der Waals surface area contributed by atoms with E-state index in [-0.39, 0.29) is 0 Å². The lowest BCUT2D eigenvalue weighted by atomic mass is 10.1. The fraction of sp³-hybridized carbons (Fsp3) is 0.538. The van der Waals surface area contributed by atoms with Crippen LogP contribution in [-0.4, -0.2) is 12.6 Å². The molecular formula is C13H21ClN2. The maximum absolute atomic E-state index is 6.23. The van der Waals surface area contributed by atoms with E-state index in [0.717, 1.165) is 17.3 Å². The first-order valence-corrected chi connectivity index (χ1v) is 6.11. The van der Waals surface area contributed by atoms with Crippen molar-refractivity contribution in [2.24, 2.45) is 5.92 Å². The molecule has 0 saturated carbocycles. The van der Waals surface area contributed by atoms with Crippen LogP contribution in [-0.2, 0) is 0 Å². The van der Waals surface area contributed by atoms with Crippen molar-refractivity contribution in [2.75, 3.05) is 17.2 Å². The number of halogens is 1. The summed E-state index contributed by atoms with van der Waals surface area (Å²) in [6, 6.07) is 6.15. The maximum Gasteiger partial charge on any atom is 0.0660 e. The van der Waals surface area contributed by atoms with E-state index in [2.05, 4.69) is 32.6 Å². The Morgan fingerprint density at radius 1 is 1.25 bits per heavy atom. The van der Waals surface area contributed by atoms with Crippen LogP contribution in [0.4, 0.5) is 11.4 Å². The first-order valence-electron chi connectivity index (χ1n) is 5.73. The molecule has 0 bridgehead atoms. The van der Waals surface area contributed by atoms with Gasteiger partial charge in [-0.05, 0) is 38.0 Å². The zero-order valence-corrected chi connectivity index (χ0v) is 11.3. The van der Waals surface area contributed by atoms with Gasteiger partial charge < -0.3 is 10.6 Å². The van der Waals surface area contributed by atoms with Gasteiger partial charge >= 0.3 is 0 Å². The van der Waals surface area contributed by atoms with Gasteiger partial charge in [0.25, 0.3) is 0 Å². The minimum Gasteiger partial charge on any atom is -0.399 e. The Morgan fingerprint density at radius 2 is 1.88 bits per heavy atom. The highest BCUT2D eigenvalue weighted by molar-refractivity contribution is 6.33. The average Bonchev–Trinajstić information content (AvgIpc) is 2.14. The minimum atomic E-state index is 0.434. The predicted octanol–water partition coefficient (Wildman–Crippen LogP) is 3.79. The van der Waals surface area contributed by atoms with E-state index in [1.54, 1.807) is 0 Å². The number of benzene rings is 1. The molecule has 2 nitrogen and oxygen atoms in total. The van der Waals surface area contributed by atoms with Gasteiger partial charge in [0.15, 0.2) is 0 Å². The van der Waals surface area contributed by atoms with E-state index in [9.17, 15) is 0 Å². The summed E-state index contributed by atoms with van der Waals surface area (Å²) in [6.07, 6.45) is 0. The lowest BCUT2D eigenvalue weighted by molar-refractivity contribution is 0.571. The van der Waals surface area contributed by atoms with Crippen LogP contribution in [0.2, 0.25) is 5.02 Å². The second-order valence-electron chi connectivity index (χ2n) is 4.85. The third-order valence-corrected chi connectivity index (χ3v) is 2.77. The normalized spacial score (nSPS) is 11.2. The van der Waals surface area contributed by atoms with Crippen molar-refractivity contribution in [3.63, 3.8) is 0 Å². The molecule has 0 aliphatic heterocycles. The van der Waals surface area contributed by atoms with E-state index in [0.29, 0.717) is 17.6 Å². The molecule has 0 aliphatic rings. The van der Waals surface area contributed by atoms with Crippen molar-refractivity contribution >= 4 is 23.0 Å². The molecule has 2 N–H and O–H groups in total. The highest BCUT2D eigenvalue weighted by atomic mass is 35.5. The molecule has 16 heavy (non-hydrogen) atoms. The Balaban J connectivity index is 3.01. The van der Waals surface area contributed by atoms with Crippen LogP contribution in [0.3, 0.4) is 0 Å². The Kier molecular flexibility index (Phi) is 4.48. The van der Waals surface area contributed by atoms with Crippen molar-refractivity contribution in [1.82, 2.24) is 0 Å². The standard InChI is InChI=1S/C13H21ClN2/c1-9(2)8-16(10(3)4)13-6-5-11(15)7-12(13)14/h5-7,9-10H,8,15H2,1-4H3.